The van der Waals surface area contributed by atoms with Gasteiger partial charge in [0.25, 0.3) is 0 Å². The van der Waals surface area contributed by atoms with Gasteiger partial charge in [-0.15, -0.1) is 0 Å². The predicted molar refractivity (Wildman–Crippen MR) is 57.6 cm³/mol. The number of benzene rings is 1. The molecule has 0 aliphatic carbocycles. The van der Waals surface area contributed by atoms with Crippen LogP contribution in [0, 0.1) is 0 Å². The van der Waals surface area contributed by atoms with Gasteiger partial charge >= 0.3 is 5.97 Å². The maximum atomic E-state index is 11.2. The van der Waals surface area contributed by atoms with Crippen molar-refractivity contribution in [1.82, 2.24) is 4.98 Å². The highest BCUT2D eigenvalue weighted by atomic mass is 16.5. The summed E-state index contributed by atoms with van der Waals surface area (Å²) in [5.74, 6) is -0.326. The zero-order valence-corrected chi connectivity index (χ0v) is 8.36. The molecule has 1 aromatic carbocycles. The second kappa shape index (κ2) is 4.00. The molecule has 0 aliphatic rings. The van der Waals surface area contributed by atoms with Crippen LogP contribution in [0.4, 0.5) is 0 Å². The van der Waals surface area contributed by atoms with E-state index < -0.39 is 0 Å². The normalized spacial score (nSPS) is 9.93. The van der Waals surface area contributed by atoms with Crippen molar-refractivity contribution in [2.75, 3.05) is 7.11 Å². The summed E-state index contributed by atoms with van der Waals surface area (Å²) in [6, 6.07) is 11.6. The summed E-state index contributed by atoms with van der Waals surface area (Å²) < 4.78 is 4.63. The van der Waals surface area contributed by atoms with E-state index in [1.54, 1.807) is 12.3 Å². The molecule has 0 saturated carbocycles. The minimum absolute atomic E-state index is 0.326. The molecular weight excluding hydrogens is 190 g/mol. The number of aromatic amines is 1. The smallest absolute Gasteiger partial charge is 0.339 e. The number of aromatic nitrogens is 1. The van der Waals surface area contributed by atoms with Gasteiger partial charge < -0.3 is 9.72 Å². The van der Waals surface area contributed by atoms with Crippen LogP contribution in [0.25, 0.3) is 11.3 Å². The molecule has 0 fully saturated rings. The first kappa shape index (κ1) is 9.52. The fraction of sp³-hybridized carbons (Fsp3) is 0.0833. The molecule has 0 bridgehead atoms. The van der Waals surface area contributed by atoms with Crippen LogP contribution >= 0.6 is 0 Å². The number of esters is 1. The van der Waals surface area contributed by atoms with Crippen LogP contribution < -0.4 is 0 Å². The average Bonchev–Trinajstić information content (AvgIpc) is 2.78. The Morgan fingerprint density at radius 2 is 2.00 bits per heavy atom. The van der Waals surface area contributed by atoms with Gasteiger partial charge in [0.15, 0.2) is 0 Å². The zero-order chi connectivity index (χ0) is 10.7. The summed E-state index contributed by atoms with van der Waals surface area (Å²) in [5, 5.41) is 0. The molecule has 0 radical (unpaired) electrons. The van der Waals surface area contributed by atoms with Gasteiger partial charge in [-0.2, -0.15) is 0 Å². The summed E-state index contributed by atoms with van der Waals surface area (Å²) >= 11 is 0. The van der Waals surface area contributed by atoms with Crippen molar-refractivity contribution in [3.8, 4) is 11.3 Å². The van der Waals surface area contributed by atoms with E-state index in [-0.39, 0.29) is 5.97 Å². The van der Waals surface area contributed by atoms with Crippen LogP contribution in [0.15, 0.2) is 42.6 Å². The number of hydrogen-bond donors (Lipinski definition) is 1. The molecule has 0 spiro atoms. The number of nitrogens with one attached hydrogen (secondary N) is 1. The monoisotopic (exact) mass is 201 g/mol. The third-order valence-corrected chi connectivity index (χ3v) is 2.19. The standard InChI is InChI=1S/C12H11NO2/c1-15-12(14)10-7-11(13-8-10)9-5-3-2-4-6-9/h2-8,13H,1H3. The van der Waals surface area contributed by atoms with Crippen LogP contribution in [0.5, 0.6) is 0 Å². The molecule has 2 aromatic rings. The van der Waals surface area contributed by atoms with E-state index in [1.807, 2.05) is 30.3 Å². The topological polar surface area (TPSA) is 42.1 Å². The zero-order valence-electron chi connectivity index (χ0n) is 8.36. The van der Waals surface area contributed by atoms with Gasteiger partial charge in [-0.25, -0.2) is 4.79 Å². The number of methoxy groups -OCH3 is 1. The van der Waals surface area contributed by atoms with Gasteiger partial charge in [0.2, 0.25) is 0 Å². The van der Waals surface area contributed by atoms with Crippen molar-refractivity contribution in [2.45, 2.75) is 0 Å². The lowest BCUT2D eigenvalue weighted by Gasteiger charge is -1.95. The Labute approximate surface area is 87.7 Å². The summed E-state index contributed by atoms with van der Waals surface area (Å²) in [5.41, 5.74) is 2.50. The highest BCUT2D eigenvalue weighted by molar-refractivity contribution is 5.90. The average molecular weight is 201 g/mol. The molecule has 0 unspecified atom stereocenters. The molecule has 1 aromatic heterocycles. The van der Waals surface area contributed by atoms with Crippen molar-refractivity contribution < 1.29 is 9.53 Å². The van der Waals surface area contributed by atoms with E-state index in [1.165, 1.54) is 7.11 Å². The van der Waals surface area contributed by atoms with Crippen molar-refractivity contribution >= 4 is 5.97 Å². The number of rotatable bonds is 2. The first-order valence-electron chi connectivity index (χ1n) is 4.63. The molecule has 0 atom stereocenters. The van der Waals surface area contributed by atoms with Gasteiger partial charge in [0, 0.05) is 11.9 Å². The third kappa shape index (κ3) is 1.91. The molecule has 15 heavy (non-hydrogen) atoms. The highest BCUT2D eigenvalue weighted by Gasteiger charge is 2.08. The molecule has 2 rings (SSSR count). The first-order chi connectivity index (χ1) is 7.31. The number of hydrogen-bond acceptors (Lipinski definition) is 2. The maximum Gasteiger partial charge on any atom is 0.339 e. The van der Waals surface area contributed by atoms with Gasteiger partial charge in [0.05, 0.1) is 12.7 Å². The summed E-state index contributed by atoms with van der Waals surface area (Å²) in [6.07, 6.45) is 1.65. The Bertz CT molecular complexity index is 459. The quantitative estimate of drug-likeness (QED) is 0.758. The Hall–Kier alpha value is -2.03. The molecule has 0 amide bonds. The molecule has 76 valence electrons. The van der Waals surface area contributed by atoms with E-state index in [0.29, 0.717) is 5.56 Å². The lowest BCUT2D eigenvalue weighted by Crippen LogP contribution is -1.98. The molecule has 0 aliphatic heterocycles. The number of ether oxygens (including phenoxy) is 1. The summed E-state index contributed by atoms with van der Waals surface area (Å²) in [6.45, 7) is 0. The van der Waals surface area contributed by atoms with E-state index in [9.17, 15) is 4.79 Å². The Morgan fingerprint density at radius 1 is 1.27 bits per heavy atom. The number of H-pyrrole nitrogens is 1. The van der Waals surface area contributed by atoms with Gasteiger partial charge in [0.1, 0.15) is 0 Å². The Balaban J connectivity index is 2.32. The third-order valence-electron chi connectivity index (χ3n) is 2.19. The maximum absolute atomic E-state index is 11.2. The highest BCUT2D eigenvalue weighted by Crippen LogP contribution is 2.18. The fourth-order valence-electron chi connectivity index (χ4n) is 1.41. The van der Waals surface area contributed by atoms with Crippen LogP contribution in [-0.2, 0) is 4.74 Å². The van der Waals surface area contributed by atoms with Crippen LogP contribution in [0.1, 0.15) is 10.4 Å². The van der Waals surface area contributed by atoms with Crippen molar-refractivity contribution in [1.29, 1.82) is 0 Å². The van der Waals surface area contributed by atoms with E-state index >= 15 is 0 Å². The minimum atomic E-state index is -0.326. The molecule has 3 nitrogen and oxygen atoms in total. The van der Waals surface area contributed by atoms with E-state index in [4.69, 9.17) is 0 Å². The minimum Gasteiger partial charge on any atom is -0.465 e. The van der Waals surface area contributed by atoms with Gasteiger partial charge in [-0.1, -0.05) is 30.3 Å². The SMILES string of the molecule is COC(=O)c1c[nH]c(-c2ccccc2)c1. The molecular formula is C12H11NO2. The van der Waals surface area contributed by atoms with E-state index in [0.717, 1.165) is 11.3 Å². The lowest BCUT2D eigenvalue weighted by molar-refractivity contribution is 0.0601. The van der Waals surface area contributed by atoms with Crippen LogP contribution in [-0.4, -0.2) is 18.1 Å². The molecule has 0 saturated heterocycles. The van der Waals surface area contributed by atoms with Crippen molar-refractivity contribution in [3.05, 3.63) is 48.2 Å². The second-order valence-electron chi connectivity index (χ2n) is 3.16. The Kier molecular flexibility index (Phi) is 2.54. The Morgan fingerprint density at radius 3 is 2.67 bits per heavy atom. The molecule has 1 N–H and O–H groups in total. The van der Waals surface area contributed by atoms with Crippen LogP contribution in [0.2, 0.25) is 0 Å². The summed E-state index contributed by atoms with van der Waals surface area (Å²) in [4.78, 5) is 14.3. The largest absolute Gasteiger partial charge is 0.465 e. The summed E-state index contributed by atoms with van der Waals surface area (Å²) in [7, 11) is 1.37. The fourth-order valence-corrected chi connectivity index (χ4v) is 1.41. The second-order valence-corrected chi connectivity index (χ2v) is 3.16. The van der Waals surface area contributed by atoms with Crippen molar-refractivity contribution in [3.63, 3.8) is 0 Å². The molecule has 1 heterocycles. The molecule has 3 heteroatoms. The van der Waals surface area contributed by atoms with Gasteiger partial charge in [-0.3, -0.25) is 0 Å². The first-order valence-corrected chi connectivity index (χ1v) is 4.63. The predicted octanol–water partition coefficient (Wildman–Crippen LogP) is 2.47. The lowest BCUT2D eigenvalue weighted by atomic mass is 10.1. The van der Waals surface area contributed by atoms with Gasteiger partial charge in [-0.05, 0) is 11.6 Å². The van der Waals surface area contributed by atoms with Crippen molar-refractivity contribution in [2.24, 2.45) is 0 Å². The number of carbonyl (C=O) groups is 1. The van der Waals surface area contributed by atoms with Crippen LogP contribution in [0.3, 0.4) is 0 Å². The number of carbonyl (C=O) groups excluding carboxylic acids is 1. The van der Waals surface area contributed by atoms with E-state index in [2.05, 4.69) is 9.72 Å².